The van der Waals surface area contributed by atoms with Crippen LogP contribution in [0.25, 0.3) is 0 Å². The third-order valence-corrected chi connectivity index (χ3v) is 5.69. The summed E-state index contributed by atoms with van der Waals surface area (Å²) in [5, 5.41) is 0. The van der Waals surface area contributed by atoms with Crippen molar-refractivity contribution in [2.45, 2.75) is 44.9 Å². The maximum Gasteiger partial charge on any atom is 0.228 e. The number of aryl methyl sites for hydroxylation is 1. The molecule has 6 heteroatoms. The van der Waals surface area contributed by atoms with Gasteiger partial charge in [0.15, 0.2) is 0 Å². The monoisotopic (exact) mass is 365 g/mol. The van der Waals surface area contributed by atoms with Gasteiger partial charge in [0.05, 0.1) is 6.42 Å². The highest BCUT2D eigenvalue weighted by molar-refractivity contribution is 5.78. The van der Waals surface area contributed by atoms with Gasteiger partial charge in [0.1, 0.15) is 11.6 Å². The van der Waals surface area contributed by atoms with E-state index < -0.39 is 0 Å². The van der Waals surface area contributed by atoms with Crippen LogP contribution in [-0.2, 0) is 17.6 Å². The van der Waals surface area contributed by atoms with E-state index in [2.05, 4.69) is 23.9 Å². The quantitative estimate of drug-likeness (QED) is 0.836. The van der Waals surface area contributed by atoms with Gasteiger partial charge in [-0.05, 0) is 44.7 Å². The van der Waals surface area contributed by atoms with Crippen molar-refractivity contribution in [3.8, 4) is 0 Å². The van der Waals surface area contributed by atoms with Crippen molar-refractivity contribution in [1.82, 2.24) is 19.9 Å². The van der Waals surface area contributed by atoms with E-state index in [1.165, 1.54) is 5.56 Å². The van der Waals surface area contributed by atoms with E-state index in [1.54, 1.807) is 6.20 Å². The van der Waals surface area contributed by atoms with E-state index in [4.69, 9.17) is 9.97 Å². The third kappa shape index (κ3) is 3.80. The zero-order chi connectivity index (χ0) is 18.8. The van der Waals surface area contributed by atoms with Gasteiger partial charge in [0.25, 0.3) is 0 Å². The van der Waals surface area contributed by atoms with Crippen LogP contribution in [0.15, 0.2) is 24.4 Å². The highest BCUT2D eigenvalue weighted by atomic mass is 16.2. The van der Waals surface area contributed by atoms with Crippen molar-refractivity contribution in [2.75, 3.05) is 31.6 Å². The maximum absolute atomic E-state index is 12.7. The lowest BCUT2D eigenvalue weighted by Crippen LogP contribution is -2.40. The summed E-state index contributed by atoms with van der Waals surface area (Å²) in [7, 11) is 2.11. The Morgan fingerprint density at radius 3 is 2.93 bits per heavy atom. The fourth-order valence-corrected chi connectivity index (χ4v) is 4.18. The topological polar surface area (TPSA) is 62.2 Å². The molecule has 2 aliphatic heterocycles. The Bertz CT molecular complexity index is 823. The molecule has 1 unspecified atom stereocenters. The molecule has 27 heavy (non-hydrogen) atoms. The molecule has 142 valence electrons. The lowest BCUT2D eigenvalue weighted by molar-refractivity contribution is -0.131. The molecule has 0 spiro atoms. The normalized spacial score (nSPS) is 19.7. The van der Waals surface area contributed by atoms with Crippen LogP contribution < -0.4 is 4.90 Å². The first-order valence-corrected chi connectivity index (χ1v) is 9.88. The van der Waals surface area contributed by atoms with Gasteiger partial charge in [0.2, 0.25) is 5.91 Å². The van der Waals surface area contributed by atoms with Gasteiger partial charge in [-0.1, -0.05) is 6.07 Å². The fraction of sp³-hybridized carbons (Fsp3) is 0.524. The highest BCUT2D eigenvalue weighted by Crippen LogP contribution is 2.31. The van der Waals surface area contributed by atoms with E-state index in [1.807, 2.05) is 23.1 Å². The van der Waals surface area contributed by atoms with Crippen LogP contribution >= 0.6 is 0 Å². The van der Waals surface area contributed by atoms with E-state index >= 15 is 0 Å². The van der Waals surface area contributed by atoms with Crippen molar-refractivity contribution < 1.29 is 4.79 Å². The Balaban J connectivity index is 1.51. The van der Waals surface area contributed by atoms with Crippen LogP contribution in [0.3, 0.4) is 0 Å². The first kappa shape index (κ1) is 17.9. The number of hydrogen-bond acceptors (Lipinski definition) is 5. The molecule has 4 rings (SSSR count). The molecule has 2 aromatic rings. The molecular weight excluding hydrogens is 338 g/mol. The number of hydrogen-bond donors (Lipinski definition) is 0. The maximum atomic E-state index is 12.7. The van der Waals surface area contributed by atoms with Gasteiger partial charge < -0.3 is 9.80 Å². The molecule has 4 heterocycles. The Morgan fingerprint density at radius 2 is 2.11 bits per heavy atom. The number of aromatic nitrogens is 3. The molecule has 0 N–H and O–H groups in total. The number of likely N-dealkylation sites (tertiary alicyclic amines) is 1. The molecule has 2 aliphatic rings. The van der Waals surface area contributed by atoms with Crippen molar-refractivity contribution in [2.24, 2.45) is 0 Å². The number of rotatable bonds is 3. The highest BCUT2D eigenvalue weighted by Gasteiger charge is 2.29. The number of anilines is 1. The SMILES string of the molecule is Cc1nc(C2CCCN(C(=O)Cc3ccccn3)C2)nc2c1CCCN2C. The fourth-order valence-electron chi connectivity index (χ4n) is 4.18. The third-order valence-electron chi connectivity index (χ3n) is 5.69. The van der Waals surface area contributed by atoms with Crippen LogP contribution in [0.2, 0.25) is 0 Å². The summed E-state index contributed by atoms with van der Waals surface area (Å²) in [4.78, 5) is 31.0. The number of carbonyl (C=O) groups excluding carboxylic acids is 1. The molecule has 2 aromatic heterocycles. The van der Waals surface area contributed by atoms with Gasteiger partial charge in [-0.2, -0.15) is 0 Å². The molecule has 1 atom stereocenters. The number of carbonyl (C=O) groups is 1. The van der Waals surface area contributed by atoms with E-state index in [0.717, 1.165) is 61.8 Å². The first-order chi connectivity index (χ1) is 13.1. The molecule has 1 saturated heterocycles. The van der Waals surface area contributed by atoms with Gasteiger partial charge in [-0.25, -0.2) is 9.97 Å². The second-order valence-corrected chi connectivity index (χ2v) is 7.67. The summed E-state index contributed by atoms with van der Waals surface area (Å²) in [6.07, 6.45) is 6.35. The molecule has 0 aromatic carbocycles. The molecule has 0 saturated carbocycles. The summed E-state index contributed by atoms with van der Waals surface area (Å²) in [5.41, 5.74) is 3.21. The standard InChI is InChI=1S/C21H27N5O/c1-15-18-9-6-11-25(2)21(18)24-20(23-15)16-7-5-12-26(14-16)19(27)13-17-8-3-4-10-22-17/h3-4,8,10,16H,5-7,9,11-14H2,1-2H3. The predicted molar refractivity (Wildman–Crippen MR) is 105 cm³/mol. The smallest absolute Gasteiger partial charge is 0.228 e. The molecule has 1 amide bonds. The van der Waals surface area contributed by atoms with Crippen LogP contribution in [0.1, 0.15) is 48.0 Å². The average molecular weight is 365 g/mol. The summed E-state index contributed by atoms with van der Waals surface area (Å²) in [6, 6.07) is 5.71. The summed E-state index contributed by atoms with van der Waals surface area (Å²) in [6.45, 7) is 4.65. The Hall–Kier alpha value is -2.50. The number of pyridine rings is 1. The molecule has 0 aliphatic carbocycles. The van der Waals surface area contributed by atoms with Crippen LogP contribution in [0.4, 0.5) is 5.82 Å². The molecule has 0 radical (unpaired) electrons. The van der Waals surface area contributed by atoms with E-state index in [-0.39, 0.29) is 11.8 Å². The second-order valence-electron chi connectivity index (χ2n) is 7.67. The van der Waals surface area contributed by atoms with E-state index in [9.17, 15) is 4.79 Å². The molecular formula is C21H27N5O. The van der Waals surface area contributed by atoms with Crippen LogP contribution in [0.5, 0.6) is 0 Å². The van der Waals surface area contributed by atoms with Crippen molar-refractivity contribution in [3.63, 3.8) is 0 Å². The zero-order valence-corrected chi connectivity index (χ0v) is 16.2. The Kier molecular flexibility index (Phi) is 5.05. The number of piperidine rings is 1. The molecule has 6 nitrogen and oxygen atoms in total. The molecule has 0 bridgehead atoms. The van der Waals surface area contributed by atoms with Crippen LogP contribution in [-0.4, -0.2) is 52.4 Å². The van der Waals surface area contributed by atoms with Crippen molar-refractivity contribution in [1.29, 1.82) is 0 Å². The van der Waals surface area contributed by atoms with Gasteiger partial charge in [0, 0.05) is 55.7 Å². The lowest BCUT2D eigenvalue weighted by Gasteiger charge is -2.33. The predicted octanol–water partition coefficient (Wildman–Crippen LogP) is 2.51. The van der Waals surface area contributed by atoms with Gasteiger partial charge in [-0.3, -0.25) is 9.78 Å². The lowest BCUT2D eigenvalue weighted by atomic mass is 9.95. The van der Waals surface area contributed by atoms with Gasteiger partial charge in [-0.15, -0.1) is 0 Å². The summed E-state index contributed by atoms with van der Waals surface area (Å²) >= 11 is 0. The summed E-state index contributed by atoms with van der Waals surface area (Å²) < 4.78 is 0. The first-order valence-electron chi connectivity index (χ1n) is 9.88. The minimum atomic E-state index is 0.144. The minimum absolute atomic E-state index is 0.144. The van der Waals surface area contributed by atoms with Crippen molar-refractivity contribution >= 4 is 11.7 Å². The Labute approximate surface area is 160 Å². The van der Waals surface area contributed by atoms with E-state index in [0.29, 0.717) is 13.0 Å². The number of nitrogens with zero attached hydrogens (tertiary/aromatic N) is 5. The minimum Gasteiger partial charge on any atom is -0.359 e. The molecule has 1 fully saturated rings. The van der Waals surface area contributed by atoms with Gasteiger partial charge >= 0.3 is 0 Å². The second kappa shape index (κ2) is 7.62. The number of fused-ring (bicyclic) bond motifs is 1. The largest absolute Gasteiger partial charge is 0.359 e. The zero-order valence-electron chi connectivity index (χ0n) is 16.2. The Morgan fingerprint density at radius 1 is 1.22 bits per heavy atom. The number of amides is 1. The van der Waals surface area contributed by atoms with Crippen LogP contribution in [0, 0.1) is 6.92 Å². The average Bonchev–Trinajstić information content (AvgIpc) is 2.69. The summed E-state index contributed by atoms with van der Waals surface area (Å²) in [5.74, 6) is 2.34. The van der Waals surface area contributed by atoms with Crippen molar-refractivity contribution in [3.05, 3.63) is 47.2 Å².